The molecule has 0 saturated heterocycles. The number of nitrogens with zero attached hydrogens (tertiary/aromatic N) is 3. The van der Waals surface area contributed by atoms with Crippen molar-refractivity contribution in [2.45, 2.75) is 19.4 Å². The number of rotatable bonds is 5. The first kappa shape index (κ1) is 14.5. The lowest BCUT2D eigenvalue weighted by Gasteiger charge is -2.15. The molecule has 6 heteroatoms. The minimum absolute atomic E-state index is 0.0495. The molecule has 1 heterocycles. The van der Waals surface area contributed by atoms with E-state index in [0.29, 0.717) is 5.82 Å². The lowest BCUT2D eigenvalue weighted by atomic mass is 10.1. The van der Waals surface area contributed by atoms with E-state index >= 15 is 0 Å². The van der Waals surface area contributed by atoms with Gasteiger partial charge in [0.1, 0.15) is 23.6 Å². The average molecular weight is 282 g/mol. The van der Waals surface area contributed by atoms with E-state index in [9.17, 15) is 10.1 Å². The van der Waals surface area contributed by atoms with Crippen molar-refractivity contribution in [3.63, 3.8) is 0 Å². The Morgan fingerprint density at radius 3 is 2.76 bits per heavy atom. The van der Waals surface area contributed by atoms with Crippen molar-refractivity contribution in [2.24, 2.45) is 0 Å². The molecule has 1 atom stereocenters. The smallest absolute Gasteiger partial charge is 0.289 e. The summed E-state index contributed by atoms with van der Waals surface area (Å²) in [6.45, 7) is 1.97. The molecule has 6 nitrogen and oxygen atoms in total. The number of hydrogen-bond donors (Lipinski definition) is 1. The molecule has 1 aromatic heterocycles. The highest BCUT2D eigenvalue weighted by molar-refractivity contribution is 5.56. The van der Waals surface area contributed by atoms with Crippen LogP contribution in [0.3, 0.4) is 0 Å². The molecule has 0 bridgehead atoms. The van der Waals surface area contributed by atoms with Gasteiger partial charge in [-0.3, -0.25) is 10.1 Å². The SMILES string of the molecule is CC(Cc1ccccc1)Nc1ncc([N+](=O)[O-])cc1C#N. The van der Waals surface area contributed by atoms with Crippen LogP contribution in [0, 0.1) is 21.4 Å². The summed E-state index contributed by atoms with van der Waals surface area (Å²) in [5, 5.41) is 22.9. The minimum atomic E-state index is -0.564. The molecule has 1 aromatic carbocycles. The number of benzene rings is 1. The van der Waals surface area contributed by atoms with Crippen LogP contribution in [-0.2, 0) is 6.42 Å². The van der Waals surface area contributed by atoms with Crippen LogP contribution in [0.4, 0.5) is 11.5 Å². The highest BCUT2D eigenvalue weighted by Crippen LogP contribution is 2.19. The molecule has 2 aromatic rings. The van der Waals surface area contributed by atoms with E-state index < -0.39 is 4.92 Å². The van der Waals surface area contributed by atoms with Crippen LogP contribution in [-0.4, -0.2) is 15.9 Å². The number of aromatic nitrogens is 1. The zero-order valence-corrected chi connectivity index (χ0v) is 11.5. The summed E-state index contributed by atoms with van der Waals surface area (Å²) in [6, 6.07) is 13.1. The van der Waals surface area contributed by atoms with Gasteiger partial charge in [0.05, 0.1) is 4.92 Å². The van der Waals surface area contributed by atoms with Gasteiger partial charge in [0.25, 0.3) is 5.69 Å². The second kappa shape index (κ2) is 6.48. The molecule has 0 aliphatic carbocycles. The summed E-state index contributed by atoms with van der Waals surface area (Å²) in [5.41, 5.74) is 1.15. The van der Waals surface area contributed by atoms with Crippen molar-refractivity contribution in [1.82, 2.24) is 4.98 Å². The maximum Gasteiger partial charge on any atom is 0.289 e. The maximum absolute atomic E-state index is 10.7. The van der Waals surface area contributed by atoms with E-state index in [1.54, 1.807) is 0 Å². The van der Waals surface area contributed by atoms with Crippen molar-refractivity contribution in [2.75, 3.05) is 5.32 Å². The van der Waals surface area contributed by atoms with Crippen molar-refractivity contribution in [3.8, 4) is 6.07 Å². The first-order valence-electron chi connectivity index (χ1n) is 6.45. The predicted molar refractivity (Wildman–Crippen MR) is 78.8 cm³/mol. The van der Waals surface area contributed by atoms with E-state index in [2.05, 4.69) is 10.3 Å². The Kier molecular flexibility index (Phi) is 4.46. The highest BCUT2D eigenvalue weighted by atomic mass is 16.6. The summed E-state index contributed by atoms with van der Waals surface area (Å²) >= 11 is 0. The van der Waals surface area contributed by atoms with Gasteiger partial charge in [-0.05, 0) is 18.9 Å². The molecule has 0 radical (unpaired) electrons. The van der Waals surface area contributed by atoms with Crippen molar-refractivity contribution in [3.05, 3.63) is 63.8 Å². The molecular formula is C15H14N4O2. The molecule has 0 amide bonds. The Morgan fingerprint density at radius 2 is 2.14 bits per heavy atom. The van der Waals surface area contributed by atoms with Crippen molar-refractivity contribution in [1.29, 1.82) is 5.26 Å². The van der Waals surface area contributed by atoms with Crippen molar-refractivity contribution >= 4 is 11.5 Å². The van der Waals surface area contributed by atoms with Gasteiger partial charge in [-0.15, -0.1) is 0 Å². The number of pyridine rings is 1. The largest absolute Gasteiger partial charge is 0.366 e. The maximum atomic E-state index is 10.7. The van der Waals surface area contributed by atoms with Crippen LogP contribution in [0.2, 0.25) is 0 Å². The fourth-order valence-electron chi connectivity index (χ4n) is 2.01. The molecule has 0 saturated carbocycles. The summed E-state index contributed by atoms with van der Waals surface area (Å²) in [6.07, 6.45) is 1.92. The monoisotopic (exact) mass is 282 g/mol. The van der Waals surface area contributed by atoms with Gasteiger partial charge in [-0.2, -0.15) is 5.26 Å². The number of nitriles is 1. The minimum Gasteiger partial charge on any atom is -0.366 e. The molecule has 0 aliphatic rings. The third-order valence-corrected chi connectivity index (χ3v) is 2.97. The predicted octanol–water partition coefficient (Wildman–Crippen LogP) is 2.90. The van der Waals surface area contributed by atoms with Gasteiger partial charge in [-0.25, -0.2) is 4.98 Å². The van der Waals surface area contributed by atoms with Crippen LogP contribution in [0.15, 0.2) is 42.6 Å². The number of nitro groups is 1. The topological polar surface area (TPSA) is 91.8 Å². The zero-order chi connectivity index (χ0) is 15.2. The van der Waals surface area contributed by atoms with E-state index in [1.807, 2.05) is 43.3 Å². The molecule has 106 valence electrons. The van der Waals surface area contributed by atoms with Gasteiger partial charge >= 0.3 is 0 Å². The molecule has 1 N–H and O–H groups in total. The van der Waals surface area contributed by atoms with E-state index in [0.717, 1.165) is 18.2 Å². The molecule has 21 heavy (non-hydrogen) atoms. The first-order valence-corrected chi connectivity index (χ1v) is 6.45. The van der Waals surface area contributed by atoms with Gasteiger partial charge in [-0.1, -0.05) is 30.3 Å². The molecular weight excluding hydrogens is 268 g/mol. The van der Waals surface area contributed by atoms with E-state index in [4.69, 9.17) is 5.26 Å². The molecule has 1 unspecified atom stereocenters. The molecule has 2 rings (SSSR count). The molecule has 0 spiro atoms. The normalized spacial score (nSPS) is 11.4. The Labute approximate surface area is 122 Å². The van der Waals surface area contributed by atoms with E-state index in [-0.39, 0.29) is 17.3 Å². The summed E-state index contributed by atoms with van der Waals surface area (Å²) in [4.78, 5) is 14.1. The quantitative estimate of drug-likeness (QED) is 0.672. The van der Waals surface area contributed by atoms with Gasteiger partial charge < -0.3 is 5.32 Å². The van der Waals surface area contributed by atoms with Crippen LogP contribution < -0.4 is 5.32 Å². The lowest BCUT2D eigenvalue weighted by molar-refractivity contribution is -0.385. The molecule has 0 fully saturated rings. The lowest BCUT2D eigenvalue weighted by Crippen LogP contribution is -2.19. The van der Waals surface area contributed by atoms with Gasteiger partial charge in [0.2, 0.25) is 0 Å². The Bertz CT molecular complexity index is 680. The first-order chi connectivity index (χ1) is 10.1. The van der Waals surface area contributed by atoms with Crippen LogP contribution in [0.5, 0.6) is 0 Å². The highest BCUT2D eigenvalue weighted by Gasteiger charge is 2.13. The van der Waals surface area contributed by atoms with Crippen LogP contribution in [0.1, 0.15) is 18.1 Å². The molecule has 0 aliphatic heterocycles. The third-order valence-electron chi connectivity index (χ3n) is 2.97. The summed E-state index contributed by atoms with van der Waals surface area (Å²) < 4.78 is 0. The standard InChI is InChI=1S/C15H14N4O2/c1-11(7-12-5-3-2-4-6-12)18-15-13(9-16)8-14(10-17-15)19(20)21/h2-6,8,10-11H,7H2,1H3,(H,17,18). The summed E-state index contributed by atoms with van der Waals surface area (Å²) in [7, 11) is 0. The Balaban J connectivity index is 2.12. The fraction of sp³-hybridized carbons (Fsp3) is 0.200. The number of hydrogen-bond acceptors (Lipinski definition) is 5. The summed E-state index contributed by atoms with van der Waals surface area (Å²) in [5.74, 6) is 0.367. The fourth-order valence-corrected chi connectivity index (χ4v) is 2.01. The van der Waals surface area contributed by atoms with Crippen LogP contribution >= 0.6 is 0 Å². The third kappa shape index (κ3) is 3.76. The second-order valence-electron chi connectivity index (χ2n) is 4.69. The Morgan fingerprint density at radius 1 is 1.43 bits per heavy atom. The average Bonchev–Trinajstić information content (AvgIpc) is 2.48. The van der Waals surface area contributed by atoms with E-state index in [1.165, 1.54) is 6.07 Å². The van der Waals surface area contributed by atoms with Crippen molar-refractivity contribution < 1.29 is 4.92 Å². The number of nitrogens with one attached hydrogen (secondary N) is 1. The second-order valence-corrected chi connectivity index (χ2v) is 4.69. The number of anilines is 1. The van der Waals surface area contributed by atoms with Crippen LogP contribution in [0.25, 0.3) is 0 Å². The van der Waals surface area contributed by atoms with Gasteiger partial charge in [0, 0.05) is 12.1 Å². The Hall–Kier alpha value is -2.94. The zero-order valence-electron chi connectivity index (χ0n) is 11.5. The van der Waals surface area contributed by atoms with Gasteiger partial charge in [0.15, 0.2) is 0 Å².